The van der Waals surface area contributed by atoms with Gasteiger partial charge >= 0.3 is 0 Å². The maximum atomic E-state index is 14.4. The van der Waals surface area contributed by atoms with Crippen LogP contribution in [0.15, 0.2) is 60.7 Å². The lowest BCUT2D eigenvalue weighted by Crippen LogP contribution is -2.34. The summed E-state index contributed by atoms with van der Waals surface area (Å²) in [4.78, 5) is 23.9. The van der Waals surface area contributed by atoms with Gasteiger partial charge in [0.1, 0.15) is 11.6 Å². The monoisotopic (exact) mass is 586 g/mol. The number of aryl methyl sites for hydroxylation is 2. The number of carbonyl (C=O) groups is 1. The molecule has 0 spiro atoms. The molecule has 2 aliphatic heterocycles. The normalized spacial score (nSPS) is 17.0. The highest BCUT2D eigenvalue weighted by Crippen LogP contribution is 2.44. The summed E-state index contributed by atoms with van der Waals surface area (Å²) in [6.07, 6.45) is 1.83. The number of fused-ring (bicyclic) bond motifs is 3. The highest BCUT2D eigenvalue weighted by atomic mass is 32.1. The van der Waals surface area contributed by atoms with Crippen LogP contribution < -0.4 is 15.1 Å². The summed E-state index contributed by atoms with van der Waals surface area (Å²) in [5.74, 6) is 0.0651. The number of methoxy groups -OCH3 is 1. The second-order valence-electron chi connectivity index (χ2n) is 11.1. The molecule has 6 rings (SSSR count). The first-order valence-electron chi connectivity index (χ1n) is 14.3. The molecule has 9 heteroatoms. The minimum atomic E-state index is -0.949. The summed E-state index contributed by atoms with van der Waals surface area (Å²) < 4.78 is 19.8. The molecule has 1 unspecified atom stereocenters. The summed E-state index contributed by atoms with van der Waals surface area (Å²) in [7, 11) is 1.72. The van der Waals surface area contributed by atoms with E-state index in [2.05, 4.69) is 22.3 Å². The van der Waals surface area contributed by atoms with E-state index < -0.39 is 12.0 Å². The number of rotatable bonds is 7. The van der Waals surface area contributed by atoms with E-state index in [1.165, 1.54) is 17.4 Å². The lowest BCUT2D eigenvalue weighted by Gasteiger charge is -2.31. The fourth-order valence-corrected chi connectivity index (χ4v) is 7.15. The highest BCUT2D eigenvalue weighted by molar-refractivity contribution is 7.17. The van der Waals surface area contributed by atoms with Gasteiger partial charge in [-0.3, -0.25) is 4.79 Å². The molecular formula is C33H35FN4O3S. The highest BCUT2D eigenvalue weighted by Gasteiger charge is 2.30. The van der Waals surface area contributed by atoms with Crippen LogP contribution in [0.25, 0.3) is 10.4 Å². The van der Waals surface area contributed by atoms with Crippen LogP contribution in [0.5, 0.6) is 0 Å². The van der Waals surface area contributed by atoms with Crippen molar-refractivity contribution >= 4 is 34.4 Å². The van der Waals surface area contributed by atoms with Crippen LogP contribution in [0.3, 0.4) is 0 Å². The van der Waals surface area contributed by atoms with Crippen molar-refractivity contribution < 1.29 is 19.0 Å². The first-order chi connectivity index (χ1) is 20.3. The van der Waals surface area contributed by atoms with Crippen molar-refractivity contribution in [1.82, 2.24) is 4.98 Å². The number of hydrogen-bond donors (Lipinski definition) is 2. The Hall–Kier alpha value is -3.79. The van der Waals surface area contributed by atoms with Gasteiger partial charge in [-0.05, 0) is 80.1 Å². The van der Waals surface area contributed by atoms with Gasteiger partial charge in [0, 0.05) is 36.3 Å². The van der Waals surface area contributed by atoms with Gasteiger partial charge in [-0.2, -0.15) is 0 Å². The van der Waals surface area contributed by atoms with Crippen LogP contribution in [-0.4, -0.2) is 48.8 Å². The molecule has 2 aliphatic rings. The summed E-state index contributed by atoms with van der Waals surface area (Å²) in [6.45, 7) is 5.91. The Morgan fingerprint density at radius 1 is 1.17 bits per heavy atom. The lowest BCUT2D eigenvalue weighted by atomic mass is 10.0. The quantitative estimate of drug-likeness (QED) is 0.258. The van der Waals surface area contributed by atoms with E-state index in [9.17, 15) is 14.3 Å². The number of benzene rings is 2. The van der Waals surface area contributed by atoms with Crippen molar-refractivity contribution in [3.05, 3.63) is 93.7 Å². The summed E-state index contributed by atoms with van der Waals surface area (Å²) in [6, 6.07) is 18.9. The maximum Gasteiger partial charge on any atom is 0.265 e. The number of ether oxygens (including phenoxy) is 1. The number of aliphatic hydroxyl groups is 1. The molecule has 0 bridgehead atoms. The number of nitrogens with one attached hydrogen (secondary N) is 1. The van der Waals surface area contributed by atoms with Gasteiger partial charge in [-0.15, -0.1) is 11.3 Å². The minimum Gasteiger partial charge on any atom is -0.383 e. The van der Waals surface area contributed by atoms with Crippen molar-refractivity contribution in [2.45, 2.75) is 45.4 Å². The first-order valence-corrected chi connectivity index (χ1v) is 15.1. The van der Waals surface area contributed by atoms with E-state index in [4.69, 9.17) is 9.72 Å². The fourth-order valence-electron chi connectivity index (χ4n) is 6.01. The van der Waals surface area contributed by atoms with Crippen LogP contribution >= 0.6 is 11.3 Å². The zero-order chi connectivity index (χ0) is 29.4. The standard InChI is InChI=1S/C33H35FN4O3S/c1-20-12-13-24-27(17-20)38(33(40)26-10-5-11-29(35-26)37-15-6-8-23(37)19-41-3)16-14-22-18-28(42-31(22)24)32(39)36-30-21(2)7-4-9-25(30)34/h4-5,7,9-13,17-18,23,33,40H,6,8,14-16,19H2,1-3H3,(H,36,39)/t23-,33?/m1/s1. The van der Waals surface area contributed by atoms with Crippen LogP contribution in [0.2, 0.25) is 0 Å². The number of aliphatic hydroxyl groups excluding tert-OH is 1. The molecule has 2 aromatic heterocycles. The number of para-hydroxylation sites is 1. The summed E-state index contributed by atoms with van der Waals surface area (Å²) in [5, 5.41) is 14.5. The van der Waals surface area contributed by atoms with Gasteiger partial charge < -0.3 is 25.0 Å². The predicted molar refractivity (Wildman–Crippen MR) is 166 cm³/mol. The molecule has 7 nitrogen and oxygen atoms in total. The molecule has 42 heavy (non-hydrogen) atoms. The average molecular weight is 587 g/mol. The Bertz CT molecular complexity index is 1600. The summed E-state index contributed by atoms with van der Waals surface area (Å²) in [5.41, 5.74) is 5.40. The van der Waals surface area contributed by atoms with Gasteiger partial charge in [0.25, 0.3) is 5.91 Å². The number of anilines is 3. The van der Waals surface area contributed by atoms with Crippen LogP contribution in [0.4, 0.5) is 21.6 Å². The largest absolute Gasteiger partial charge is 0.383 e. The topological polar surface area (TPSA) is 77.9 Å². The molecule has 0 radical (unpaired) electrons. The number of carbonyl (C=O) groups excluding carboxylic acids is 1. The number of amides is 1. The number of nitrogens with zero attached hydrogens (tertiary/aromatic N) is 3. The molecule has 1 saturated heterocycles. The molecule has 4 aromatic rings. The summed E-state index contributed by atoms with van der Waals surface area (Å²) >= 11 is 1.39. The van der Waals surface area contributed by atoms with E-state index in [1.54, 1.807) is 26.2 Å². The van der Waals surface area contributed by atoms with E-state index in [-0.39, 0.29) is 17.6 Å². The predicted octanol–water partition coefficient (Wildman–Crippen LogP) is 6.49. The zero-order valence-electron chi connectivity index (χ0n) is 24.1. The van der Waals surface area contributed by atoms with Crippen molar-refractivity contribution in [3.8, 4) is 10.4 Å². The molecule has 4 heterocycles. The number of halogens is 1. The molecular weight excluding hydrogens is 551 g/mol. The molecule has 0 aliphatic carbocycles. The van der Waals surface area contributed by atoms with Crippen molar-refractivity contribution in [1.29, 1.82) is 0 Å². The Kier molecular flexibility index (Phi) is 7.98. The van der Waals surface area contributed by atoms with Crippen molar-refractivity contribution in [2.24, 2.45) is 0 Å². The number of hydrogen-bond acceptors (Lipinski definition) is 7. The second kappa shape index (κ2) is 11.8. The number of pyridine rings is 1. The Morgan fingerprint density at radius 3 is 2.81 bits per heavy atom. The minimum absolute atomic E-state index is 0.202. The number of aromatic nitrogens is 1. The van der Waals surface area contributed by atoms with Crippen LogP contribution in [0.1, 0.15) is 51.1 Å². The van der Waals surface area contributed by atoms with Crippen molar-refractivity contribution in [3.63, 3.8) is 0 Å². The van der Waals surface area contributed by atoms with Gasteiger partial charge in [-0.25, -0.2) is 9.37 Å². The van der Waals surface area contributed by atoms with E-state index in [0.29, 0.717) is 35.7 Å². The van der Waals surface area contributed by atoms with Gasteiger partial charge in [0.2, 0.25) is 0 Å². The third-order valence-electron chi connectivity index (χ3n) is 8.17. The molecule has 2 atom stereocenters. The Balaban J connectivity index is 1.30. The zero-order valence-corrected chi connectivity index (χ0v) is 24.9. The van der Waals surface area contributed by atoms with Crippen molar-refractivity contribution in [2.75, 3.05) is 41.9 Å². The van der Waals surface area contributed by atoms with E-state index in [1.807, 2.05) is 42.2 Å². The van der Waals surface area contributed by atoms with Gasteiger partial charge in [-0.1, -0.05) is 30.3 Å². The molecule has 2 N–H and O–H groups in total. The molecule has 1 fully saturated rings. The van der Waals surface area contributed by atoms with E-state index in [0.717, 1.165) is 52.5 Å². The molecule has 0 saturated carbocycles. The third kappa shape index (κ3) is 5.40. The molecule has 2 aromatic carbocycles. The SMILES string of the molecule is COC[C@H]1CCCN1c1cccc(C(O)N2CCc3cc(C(=O)Nc4c(C)cccc4F)sc3-c3ccc(C)cc32)n1. The average Bonchev–Trinajstić information content (AvgIpc) is 3.60. The van der Waals surface area contributed by atoms with Gasteiger partial charge in [0.05, 0.1) is 28.9 Å². The third-order valence-corrected chi connectivity index (χ3v) is 9.38. The fraction of sp³-hybridized carbons (Fsp3) is 0.333. The Labute approximate surface area is 249 Å². The van der Waals surface area contributed by atoms with Gasteiger partial charge in [0.15, 0.2) is 6.23 Å². The van der Waals surface area contributed by atoms with Crippen LogP contribution in [0, 0.1) is 19.7 Å². The van der Waals surface area contributed by atoms with Crippen LogP contribution in [-0.2, 0) is 11.2 Å². The number of thiophene rings is 1. The Morgan fingerprint density at radius 2 is 2.00 bits per heavy atom. The maximum absolute atomic E-state index is 14.4. The smallest absolute Gasteiger partial charge is 0.265 e. The first kappa shape index (κ1) is 28.3. The van der Waals surface area contributed by atoms with E-state index >= 15 is 0 Å². The molecule has 1 amide bonds. The lowest BCUT2D eigenvalue weighted by molar-refractivity contribution is 0.103. The molecule has 218 valence electrons. The second-order valence-corrected chi connectivity index (χ2v) is 12.1.